The fraction of sp³-hybridized carbons (Fsp3) is 0.143. The second-order valence-corrected chi connectivity index (χ2v) is 4.33. The lowest BCUT2D eigenvalue weighted by atomic mass is 9.85. The highest BCUT2D eigenvalue weighted by atomic mass is 14.5. The summed E-state index contributed by atoms with van der Waals surface area (Å²) < 4.78 is 0. The van der Waals surface area contributed by atoms with Crippen molar-refractivity contribution in [2.75, 3.05) is 11.5 Å². The Morgan fingerprint density at radius 1 is 0.688 bits per heavy atom. The Hall–Kier alpha value is -1.96. The minimum absolute atomic E-state index is 0.845. The van der Waals surface area contributed by atoms with Crippen molar-refractivity contribution in [3.63, 3.8) is 0 Å². The summed E-state index contributed by atoms with van der Waals surface area (Å²) >= 11 is 0. The van der Waals surface area contributed by atoms with Crippen molar-refractivity contribution >= 4 is 11.4 Å². The third-order valence-electron chi connectivity index (χ3n) is 3.21. The van der Waals surface area contributed by atoms with E-state index in [0.29, 0.717) is 0 Å². The van der Waals surface area contributed by atoms with E-state index < -0.39 is 0 Å². The van der Waals surface area contributed by atoms with Gasteiger partial charge in [-0.1, -0.05) is 12.1 Å². The molecule has 2 nitrogen and oxygen atoms in total. The maximum atomic E-state index is 5.81. The molecule has 0 saturated heterocycles. The Morgan fingerprint density at radius 2 is 1.12 bits per heavy atom. The van der Waals surface area contributed by atoms with E-state index in [1.165, 1.54) is 22.3 Å². The molecular weight excluding hydrogens is 196 g/mol. The molecule has 0 aromatic heterocycles. The summed E-state index contributed by atoms with van der Waals surface area (Å²) in [6, 6.07) is 12.3. The van der Waals surface area contributed by atoms with Gasteiger partial charge in [0.2, 0.25) is 0 Å². The smallest absolute Gasteiger partial charge is 0.0317 e. The second-order valence-electron chi connectivity index (χ2n) is 4.33. The van der Waals surface area contributed by atoms with Crippen LogP contribution in [0.15, 0.2) is 36.4 Å². The van der Waals surface area contributed by atoms with Gasteiger partial charge in [-0.3, -0.25) is 0 Å². The van der Waals surface area contributed by atoms with Crippen LogP contribution >= 0.6 is 0 Å². The standard InChI is InChI=1S/C14H14N2/c15-11-3-5-13-9(7-11)1-2-10-8-12(16)4-6-14(10)13/h3-8H,1-2,15-16H2. The van der Waals surface area contributed by atoms with E-state index in [1.54, 1.807) is 0 Å². The first-order valence-electron chi connectivity index (χ1n) is 5.51. The van der Waals surface area contributed by atoms with Gasteiger partial charge in [0, 0.05) is 11.4 Å². The molecule has 4 N–H and O–H groups in total. The molecule has 1 aliphatic carbocycles. The number of nitrogen functional groups attached to an aromatic ring is 2. The number of hydrogen-bond donors (Lipinski definition) is 2. The van der Waals surface area contributed by atoms with Crippen LogP contribution in [0.4, 0.5) is 11.4 Å². The lowest BCUT2D eigenvalue weighted by Gasteiger charge is -2.20. The SMILES string of the molecule is Nc1ccc2c(c1)CCc1cc(N)ccc1-2. The molecule has 2 aromatic rings. The second kappa shape index (κ2) is 3.27. The third kappa shape index (κ3) is 1.34. The normalized spacial score (nSPS) is 13.0. The lowest BCUT2D eigenvalue weighted by molar-refractivity contribution is 0.943. The van der Waals surface area contributed by atoms with Crippen LogP contribution in [0.1, 0.15) is 11.1 Å². The Labute approximate surface area is 94.9 Å². The average Bonchev–Trinajstić information content (AvgIpc) is 2.28. The zero-order valence-corrected chi connectivity index (χ0v) is 9.03. The zero-order chi connectivity index (χ0) is 11.1. The Bertz CT molecular complexity index is 507. The predicted octanol–water partition coefficient (Wildman–Crippen LogP) is 2.62. The summed E-state index contributed by atoms with van der Waals surface area (Å²) in [7, 11) is 0. The fourth-order valence-corrected chi connectivity index (χ4v) is 2.44. The topological polar surface area (TPSA) is 52.0 Å². The molecule has 0 fully saturated rings. The van der Waals surface area contributed by atoms with E-state index in [9.17, 15) is 0 Å². The molecule has 1 aliphatic rings. The first kappa shape index (κ1) is 9.28. The van der Waals surface area contributed by atoms with Crippen molar-refractivity contribution in [1.82, 2.24) is 0 Å². The van der Waals surface area contributed by atoms with Gasteiger partial charge in [0.15, 0.2) is 0 Å². The first-order chi connectivity index (χ1) is 7.74. The van der Waals surface area contributed by atoms with Crippen LogP contribution in [0.3, 0.4) is 0 Å². The van der Waals surface area contributed by atoms with Crippen LogP contribution in [0.25, 0.3) is 11.1 Å². The molecule has 0 bridgehead atoms. The number of rotatable bonds is 0. The minimum atomic E-state index is 0.845. The maximum Gasteiger partial charge on any atom is 0.0317 e. The summed E-state index contributed by atoms with van der Waals surface area (Å²) in [5.41, 5.74) is 18.6. The van der Waals surface area contributed by atoms with Gasteiger partial charge in [0.25, 0.3) is 0 Å². The third-order valence-corrected chi connectivity index (χ3v) is 3.21. The van der Waals surface area contributed by atoms with Crippen LogP contribution in [0.5, 0.6) is 0 Å². The summed E-state index contributed by atoms with van der Waals surface area (Å²) in [6.45, 7) is 0. The molecule has 3 rings (SSSR count). The van der Waals surface area contributed by atoms with Crippen LogP contribution < -0.4 is 11.5 Å². The van der Waals surface area contributed by atoms with E-state index in [2.05, 4.69) is 24.3 Å². The van der Waals surface area contributed by atoms with Gasteiger partial charge in [-0.15, -0.1) is 0 Å². The highest BCUT2D eigenvalue weighted by molar-refractivity contribution is 5.76. The quantitative estimate of drug-likeness (QED) is 0.657. The molecule has 0 spiro atoms. The Morgan fingerprint density at radius 3 is 1.56 bits per heavy atom. The largest absolute Gasteiger partial charge is 0.399 e. The van der Waals surface area contributed by atoms with E-state index in [4.69, 9.17) is 11.5 Å². The van der Waals surface area contributed by atoms with Gasteiger partial charge in [0.05, 0.1) is 0 Å². The Kier molecular flexibility index (Phi) is 1.90. The molecule has 2 aromatic carbocycles. The molecule has 0 heterocycles. The van der Waals surface area contributed by atoms with Gasteiger partial charge >= 0.3 is 0 Å². The van der Waals surface area contributed by atoms with Gasteiger partial charge in [-0.25, -0.2) is 0 Å². The summed E-state index contributed by atoms with van der Waals surface area (Å²) in [5.74, 6) is 0. The summed E-state index contributed by atoms with van der Waals surface area (Å²) in [6.07, 6.45) is 2.10. The van der Waals surface area contributed by atoms with Crippen LogP contribution in [-0.4, -0.2) is 0 Å². The molecule has 0 aliphatic heterocycles. The van der Waals surface area contributed by atoms with Crippen molar-refractivity contribution in [2.45, 2.75) is 12.8 Å². The molecule has 0 unspecified atom stereocenters. The van der Waals surface area contributed by atoms with Crippen molar-refractivity contribution in [3.8, 4) is 11.1 Å². The molecular formula is C14H14N2. The number of fused-ring (bicyclic) bond motifs is 3. The number of aryl methyl sites for hydroxylation is 2. The molecule has 0 amide bonds. The molecule has 16 heavy (non-hydrogen) atoms. The van der Waals surface area contributed by atoms with E-state index in [0.717, 1.165) is 24.2 Å². The van der Waals surface area contributed by atoms with Crippen LogP contribution in [-0.2, 0) is 12.8 Å². The molecule has 2 heteroatoms. The van der Waals surface area contributed by atoms with Gasteiger partial charge in [-0.2, -0.15) is 0 Å². The number of anilines is 2. The van der Waals surface area contributed by atoms with E-state index in [1.807, 2.05) is 12.1 Å². The Balaban J connectivity index is 2.23. The fourth-order valence-electron chi connectivity index (χ4n) is 2.44. The predicted molar refractivity (Wildman–Crippen MR) is 68.1 cm³/mol. The first-order valence-corrected chi connectivity index (χ1v) is 5.51. The van der Waals surface area contributed by atoms with Crippen LogP contribution in [0, 0.1) is 0 Å². The number of benzene rings is 2. The highest BCUT2D eigenvalue weighted by Crippen LogP contribution is 2.35. The summed E-state index contributed by atoms with van der Waals surface area (Å²) in [5, 5.41) is 0. The van der Waals surface area contributed by atoms with E-state index >= 15 is 0 Å². The molecule has 0 saturated carbocycles. The van der Waals surface area contributed by atoms with E-state index in [-0.39, 0.29) is 0 Å². The molecule has 80 valence electrons. The van der Waals surface area contributed by atoms with Crippen molar-refractivity contribution < 1.29 is 0 Å². The van der Waals surface area contributed by atoms with Crippen molar-refractivity contribution in [3.05, 3.63) is 47.5 Å². The minimum Gasteiger partial charge on any atom is -0.399 e. The highest BCUT2D eigenvalue weighted by Gasteiger charge is 2.15. The average molecular weight is 210 g/mol. The zero-order valence-electron chi connectivity index (χ0n) is 9.03. The maximum absolute atomic E-state index is 5.81. The van der Waals surface area contributed by atoms with Crippen molar-refractivity contribution in [2.24, 2.45) is 0 Å². The van der Waals surface area contributed by atoms with Crippen molar-refractivity contribution in [1.29, 1.82) is 0 Å². The lowest BCUT2D eigenvalue weighted by Crippen LogP contribution is -2.05. The number of nitrogens with two attached hydrogens (primary N) is 2. The number of hydrogen-bond acceptors (Lipinski definition) is 2. The molecule has 0 atom stereocenters. The van der Waals surface area contributed by atoms with Crippen LogP contribution in [0.2, 0.25) is 0 Å². The summed E-state index contributed by atoms with van der Waals surface area (Å²) in [4.78, 5) is 0. The van der Waals surface area contributed by atoms with Gasteiger partial charge in [-0.05, 0) is 59.4 Å². The van der Waals surface area contributed by atoms with Gasteiger partial charge in [0.1, 0.15) is 0 Å². The molecule has 0 radical (unpaired) electrons. The van der Waals surface area contributed by atoms with Gasteiger partial charge < -0.3 is 11.5 Å². The monoisotopic (exact) mass is 210 g/mol.